The highest BCUT2D eigenvalue weighted by Crippen LogP contribution is 2.40. The van der Waals surface area contributed by atoms with Crippen LogP contribution < -0.4 is 0 Å². The molecule has 0 rings (SSSR count). The molecule has 0 saturated carbocycles. The van der Waals surface area contributed by atoms with Crippen molar-refractivity contribution in [2.45, 2.75) is 84.6 Å². The van der Waals surface area contributed by atoms with Crippen molar-refractivity contribution in [3.05, 3.63) is 12.2 Å². The van der Waals surface area contributed by atoms with E-state index >= 15 is 0 Å². The first-order valence-electron chi connectivity index (χ1n) is 8.19. The third kappa shape index (κ3) is 4.79. The van der Waals surface area contributed by atoms with Crippen LogP contribution in [0, 0.1) is 0 Å². The second-order valence-electron chi connectivity index (χ2n) is 6.55. The summed E-state index contributed by atoms with van der Waals surface area (Å²) in [4.78, 5) is 12.2. The summed E-state index contributed by atoms with van der Waals surface area (Å²) in [6, 6.07) is 3.20. The van der Waals surface area contributed by atoms with E-state index in [0.717, 1.165) is 18.1 Å². The molecule has 0 saturated heterocycles. The minimum absolute atomic E-state index is 0.234. The predicted molar refractivity (Wildman–Crippen MR) is 95.1 cm³/mol. The van der Waals surface area contributed by atoms with Crippen molar-refractivity contribution in [3.63, 3.8) is 0 Å². The lowest BCUT2D eigenvalue weighted by atomic mass is 10.4. The second kappa shape index (κ2) is 8.29. The molecule has 3 nitrogen and oxygen atoms in total. The average molecular weight is 331 g/mol. The Morgan fingerprint density at radius 2 is 1.38 bits per heavy atom. The Hall–Kier alpha value is -0.396. The molecule has 0 N–H and O–H groups in total. The van der Waals surface area contributed by atoms with Crippen LogP contribution in [0.15, 0.2) is 12.2 Å². The number of hydrogen-bond donors (Lipinski definition) is 0. The molecule has 0 bridgehead atoms. The maximum absolute atomic E-state index is 12.2. The van der Waals surface area contributed by atoms with Gasteiger partial charge in [0.15, 0.2) is 8.32 Å². The fourth-order valence-corrected chi connectivity index (χ4v) is 13.0. The molecule has 0 atom stereocenters. The third-order valence-corrected chi connectivity index (χ3v) is 15.1. The van der Waals surface area contributed by atoms with E-state index in [0.29, 0.717) is 5.57 Å². The van der Waals surface area contributed by atoms with E-state index in [2.05, 4.69) is 55.0 Å². The van der Waals surface area contributed by atoms with Crippen LogP contribution in [-0.2, 0) is 13.3 Å². The van der Waals surface area contributed by atoms with Crippen LogP contribution in [0.3, 0.4) is 0 Å². The quantitative estimate of drug-likeness (QED) is 0.420. The van der Waals surface area contributed by atoms with Gasteiger partial charge in [-0.1, -0.05) is 55.0 Å². The van der Waals surface area contributed by atoms with Gasteiger partial charge in [-0.3, -0.25) is 0 Å². The molecular weight excluding hydrogens is 296 g/mol. The molecule has 0 unspecified atom stereocenters. The lowest BCUT2D eigenvalue weighted by molar-refractivity contribution is -0.132. The minimum atomic E-state index is -2.62. The Bertz CT molecular complexity index is 344. The van der Waals surface area contributed by atoms with Crippen molar-refractivity contribution in [3.8, 4) is 0 Å². The first kappa shape index (κ1) is 20.6. The van der Waals surface area contributed by atoms with Gasteiger partial charge in [-0.25, -0.2) is 4.79 Å². The van der Waals surface area contributed by atoms with Gasteiger partial charge in [-0.05, 0) is 25.1 Å². The lowest BCUT2D eigenvalue weighted by Gasteiger charge is -2.44. The SMILES string of the molecule is C=C(C)C(=O)O[Si](O[Si](CC)(CC)CC)(C(C)C)C(C)C. The van der Waals surface area contributed by atoms with Gasteiger partial charge in [-0.2, -0.15) is 0 Å². The van der Waals surface area contributed by atoms with Gasteiger partial charge in [0.05, 0.1) is 0 Å². The Balaban J connectivity index is 5.69. The Morgan fingerprint density at radius 1 is 1.00 bits per heavy atom. The molecule has 0 aromatic carbocycles. The van der Waals surface area contributed by atoms with Gasteiger partial charge < -0.3 is 8.54 Å². The maximum Gasteiger partial charge on any atom is 0.396 e. The van der Waals surface area contributed by atoms with Crippen LogP contribution in [0.5, 0.6) is 0 Å². The summed E-state index contributed by atoms with van der Waals surface area (Å²) in [5.74, 6) is -0.296. The molecule has 21 heavy (non-hydrogen) atoms. The minimum Gasteiger partial charge on any atom is -0.491 e. The lowest BCUT2D eigenvalue weighted by Crippen LogP contribution is -2.57. The average Bonchev–Trinajstić information content (AvgIpc) is 2.42. The van der Waals surface area contributed by atoms with Crippen molar-refractivity contribution in [2.75, 3.05) is 0 Å². The third-order valence-electron chi connectivity index (χ3n) is 4.52. The van der Waals surface area contributed by atoms with Crippen LogP contribution >= 0.6 is 0 Å². The molecule has 0 aliphatic heterocycles. The Kier molecular flexibility index (Phi) is 8.14. The molecule has 5 heteroatoms. The molecule has 0 amide bonds. The summed E-state index contributed by atoms with van der Waals surface area (Å²) in [7, 11) is -4.45. The smallest absolute Gasteiger partial charge is 0.396 e. The Morgan fingerprint density at radius 3 is 1.62 bits per heavy atom. The summed E-state index contributed by atoms with van der Waals surface area (Å²) in [5.41, 5.74) is 0.920. The largest absolute Gasteiger partial charge is 0.491 e. The van der Waals surface area contributed by atoms with Crippen LogP contribution in [0.1, 0.15) is 55.4 Å². The zero-order valence-corrected chi connectivity index (χ0v) is 17.2. The summed E-state index contributed by atoms with van der Waals surface area (Å²) >= 11 is 0. The molecule has 0 spiro atoms. The molecule has 0 fully saturated rings. The molecule has 0 heterocycles. The summed E-state index contributed by atoms with van der Waals surface area (Å²) in [6.07, 6.45) is 0. The van der Waals surface area contributed by atoms with E-state index in [1.165, 1.54) is 0 Å². The molecule has 0 aliphatic rings. The first-order valence-corrected chi connectivity index (χ1v) is 12.7. The molecular formula is C16H34O3Si2. The van der Waals surface area contributed by atoms with E-state index < -0.39 is 16.9 Å². The second-order valence-corrected chi connectivity index (χ2v) is 15.8. The van der Waals surface area contributed by atoms with E-state index in [9.17, 15) is 4.79 Å². The van der Waals surface area contributed by atoms with Crippen LogP contribution in [0.25, 0.3) is 0 Å². The highest BCUT2D eigenvalue weighted by molar-refractivity contribution is 6.86. The Labute approximate surface area is 133 Å². The zero-order valence-electron chi connectivity index (χ0n) is 15.2. The fraction of sp³-hybridized carbons (Fsp3) is 0.812. The molecule has 0 radical (unpaired) electrons. The first-order chi connectivity index (χ1) is 9.60. The number of carbonyl (C=O) groups excluding carboxylic acids is 1. The van der Waals surface area contributed by atoms with Gasteiger partial charge in [0.2, 0.25) is 0 Å². The van der Waals surface area contributed by atoms with E-state index in [1.807, 2.05) is 0 Å². The van der Waals surface area contributed by atoms with Crippen LogP contribution in [0.2, 0.25) is 29.2 Å². The van der Waals surface area contributed by atoms with Gasteiger partial charge in [0.1, 0.15) is 0 Å². The van der Waals surface area contributed by atoms with E-state index in [1.54, 1.807) is 6.92 Å². The maximum atomic E-state index is 12.2. The summed E-state index contributed by atoms with van der Waals surface area (Å²) in [5, 5.41) is 0. The van der Waals surface area contributed by atoms with Gasteiger partial charge in [0.25, 0.3) is 0 Å². The van der Waals surface area contributed by atoms with Crippen molar-refractivity contribution >= 4 is 22.8 Å². The zero-order chi connectivity index (χ0) is 16.8. The number of hydrogen-bond acceptors (Lipinski definition) is 3. The van der Waals surface area contributed by atoms with Crippen LogP contribution in [0.4, 0.5) is 0 Å². The molecule has 0 aromatic rings. The van der Waals surface area contributed by atoms with Gasteiger partial charge in [-0.15, -0.1) is 0 Å². The number of rotatable bonds is 9. The topological polar surface area (TPSA) is 35.5 Å². The van der Waals surface area contributed by atoms with Gasteiger partial charge in [0, 0.05) is 16.7 Å². The summed E-state index contributed by atoms with van der Waals surface area (Å²) in [6.45, 7) is 20.5. The predicted octanol–water partition coefficient (Wildman–Crippen LogP) is 5.39. The van der Waals surface area contributed by atoms with Crippen molar-refractivity contribution in [2.24, 2.45) is 0 Å². The van der Waals surface area contributed by atoms with Crippen molar-refractivity contribution in [1.82, 2.24) is 0 Å². The van der Waals surface area contributed by atoms with E-state index in [-0.39, 0.29) is 17.1 Å². The fourth-order valence-electron chi connectivity index (χ4n) is 2.70. The molecule has 124 valence electrons. The molecule has 0 aromatic heterocycles. The van der Waals surface area contributed by atoms with Gasteiger partial charge >= 0.3 is 14.5 Å². The standard InChI is InChI=1S/C16H34O3Si2/c1-10-20(11-2,12-3)19-21(14(6)7,15(8)9)18-16(17)13(4)5/h14-15H,4,10-12H2,1-3,5-9H3. The van der Waals surface area contributed by atoms with Crippen molar-refractivity contribution in [1.29, 1.82) is 0 Å². The highest BCUT2D eigenvalue weighted by Gasteiger charge is 2.52. The van der Waals surface area contributed by atoms with E-state index in [4.69, 9.17) is 8.54 Å². The monoisotopic (exact) mass is 330 g/mol. The van der Waals surface area contributed by atoms with Crippen LogP contribution in [-0.4, -0.2) is 22.8 Å². The van der Waals surface area contributed by atoms with Crippen molar-refractivity contribution < 1.29 is 13.3 Å². The highest BCUT2D eigenvalue weighted by atomic mass is 28.4. The summed E-state index contributed by atoms with van der Waals surface area (Å²) < 4.78 is 12.8. The molecule has 0 aliphatic carbocycles. The normalized spacial score (nSPS) is 12.9. The number of carbonyl (C=O) groups is 1.